The zero-order valence-corrected chi connectivity index (χ0v) is 14.4. The normalized spacial score (nSPS) is 14.6. The molecule has 1 saturated carbocycles. The maximum absolute atomic E-state index is 9.61. The number of benzene rings is 2. The first kappa shape index (κ1) is 16.4. The Morgan fingerprint density at radius 2 is 1.69 bits per heavy atom. The molecule has 2 aromatic carbocycles. The van der Waals surface area contributed by atoms with Crippen molar-refractivity contribution in [3.63, 3.8) is 0 Å². The van der Waals surface area contributed by atoms with Gasteiger partial charge in [-0.15, -0.1) is 0 Å². The molecule has 4 N–H and O–H groups in total. The summed E-state index contributed by atoms with van der Waals surface area (Å²) in [4.78, 5) is 9.25. The quantitative estimate of drug-likeness (QED) is 0.556. The van der Waals surface area contributed by atoms with Gasteiger partial charge in [0.1, 0.15) is 17.3 Å². The van der Waals surface area contributed by atoms with Gasteiger partial charge in [0.2, 0.25) is 5.95 Å². The van der Waals surface area contributed by atoms with Crippen LogP contribution in [0.5, 0.6) is 11.5 Å². The van der Waals surface area contributed by atoms with E-state index in [1.165, 1.54) is 31.7 Å². The SMILES string of the molecule is Oc1cc(O)cc(CNc2nc(NC3CCCC3)c3ccccc3n2)c1. The maximum atomic E-state index is 9.61. The second-order valence-electron chi connectivity index (χ2n) is 6.75. The van der Waals surface area contributed by atoms with E-state index in [0.717, 1.165) is 22.3 Å². The first-order chi connectivity index (χ1) is 12.7. The molecule has 4 rings (SSSR count). The summed E-state index contributed by atoms with van der Waals surface area (Å²) < 4.78 is 0. The number of aromatic nitrogens is 2. The van der Waals surface area contributed by atoms with Crippen LogP contribution in [0.15, 0.2) is 42.5 Å². The molecule has 134 valence electrons. The van der Waals surface area contributed by atoms with E-state index in [0.29, 0.717) is 18.5 Å². The van der Waals surface area contributed by atoms with Gasteiger partial charge in [-0.05, 0) is 42.7 Å². The summed E-state index contributed by atoms with van der Waals surface area (Å²) in [6.45, 7) is 0.406. The van der Waals surface area contributed by atoms with Gasteiger partial charge in [0.15, 0.2) is 0 Å². The number of rotatable bonds is 5. The van der Waals surface area contributed by atoms with Crippen molar-refractivity contribution < 1.29 is 10.2 Å². The summed E-state index contributed by atoms with van der Waals surface area (Å²) in [5.41, 5.74) is 1.63. The molecule has 6 heteroatoms. The first-order valence-corrected chi connectivity index (χ1v) is 8.96. The number of fused-ring (bicyclic) bond motifs is 1. The first-order valence-electron chi connectivity index (χ1n) is 8.96. The summed E-state index contributed by atoms with van der Waals surface area (Å²) in [6.07, 6.45) is 4.85. The van der Waals surface area contributed by atoms with Crippen LogP contribution in [0.25, 0.3) is 10.9 Å². The third kappa shape index (κ3) is 3.64. The Kier molecular flexibility index (Phi) is 4.48. The number of phenolic OH excluding ortho intramolecular Hbond substituents is 2. The van der Waals surface area contributed by atoms with Crippen LogP contribution in [-0.2, 0) is 6.54 Å². The summed E-state index contributed by atoms with van der Waals surface area (Å²) in [6, 6.07) is 12.9. The van der Waals surface area contributed by atoms with Crippen molar-refractivity contribution in [2.45, 2.75) is 38.3 Å². The van der Waals surface area contributed by atoms with Gasteiger partial charge in [0.05, 0.1) is 5.52 Å². The van der Waals surface area contributed by atoms with Crippen molar-refractivity contribution in [3.05, 3.63) is 48.0 Å². The molecule has 26 heavy (non-hydrogen) atoms. The fraction of sp³-hybridized carbons (Fsp3) is 0.300. The third-order valence-electron chi connectivity index (χ3n) is 4.71. The molecule has 0 radical (unpaired) electrons. The van der Waals surface area contributed by atoms with Crippen molar-refractivity contribution in [2.24, 2.45) is 0 Å². The minimum atomic E-state index is 0.0322. The van der Waals surface area contributed by atoms with E-state index in [1.807, 2.05) is 24.3 Å². The molecule has 0 bridgehead atoms. The van der Waals surface area contributed by atoms with Gasteiger partial charge >= 0.3 is 0 Å². The van der Waals surface area contributed by atoms with Crippen LogP contribution in [-0.4, -0.2) is 26.2 Å². The number of phenols is 2. The Labute approximate surface area is 151 Å². The van der Waals surface area contributed by atoms with Gasteiger partial charge in [0, 0.05) is 24.0 Å². The molecular formula is C20H22N4O2. The number of nitrogens with one attached hydrogen (secondary N) is 2. The van der Waals surface area contributed by atoms with E-state index < -0.39 is 0 Å². The third-order valence-corrected chi connectivity index (χ3v) is 4.71. The Balaban J connectivity index is 1.60. The molecular weight excluding hydrogens is 328 g/mol. The molecule has 6 nitrogen and oxygen atoms in total. The highest BCUT2D eigenvalue weighted by molar-refractivity contribution is 5.90. The average Bonchev–Trinajstić information content (AvgIpc) is 3.12. The number of nitrogens with zero attached hydrogens (tertiary/aromatic N) is 2. The lowest BCUT2D eigenvalue weighted by molar-refractivity contribution is 0.449. The second kappa shape index (κ2) is 7.07. The summed E-state index contributed by atoms with van der Waals surface area (Å²) in [5, 5.41) is 27.0. The molecule has 1 aliphatic carbocycles. The maximum Gasteiger partial charge on any atom is 0.225 e. The van der Waals surface area contributed by atoms with E-state index in [9.17, 15) is 10.2 Å². The Morgan fingerprint density at radius 3 is 2.46 bits per heavy atom. The lowest BCUT2D eigenvalue weighted by Crippen LogP contribution is -2.17. The fourth-order valence-corrected chi connectivity index (χ4v) is 3.47. The molecule has 0 amide bonds. The van der Waals surface area contributed by atoms with Crippen molar-refractivity contribution >= 4 is 22.7 Å². The highest BCUT2D eigenvalue weighted by Crippen LogP contribution is 2.27. The number of hydrogen-bond acceptors (Lipinski definition) is 6. The minimum Gasteiger partial charge on any atom is -0.508 e. The van der Waals surface area contributed by atoms with Gasteiger partial charge in [-0.2, -0.15) is 4.98 Å². The van der Waals surface area contributed by atoms with E-state index >= 15 is 0 Å². The van der Waals surface area contributed by atoms with Crippen LogP contribution < -0.4 is 10.6 Å². The topological polar surface area (TPSA) is 90.3 Å². The van der Waals surface area contributed by atoms with Crippen molar-refractivity contribution in [2.75, 3.05) is 10.6 Å². The molecule has 3 aromatic rings. The van der Waals surface area contributed by atoms with Crippen LogP contribution in [0.2, 0.25) is 0 Å². The summed E-state index contributed by atoms with van der Waals surface area (Å²) in [5.74, 6) is 1.44. The Bertz CT molecular complexity index is 903. The summed E-state index contributed by atoms with van der Waals surface area (Å²) in [7, 11) is 0. The zero-order chi connectivity index (χ0) is 17.9. The minimum absolute atomic E-state index is 0.0322. The Hall–Kier alpha value is -3.02. The largest absolute Gasteiger partial charge is 0.508 e. The van der Waals surface area contributed by atoms with Crippen LogP contribution in [0.1, 0.15) is 31.2 Å². The predicted octanol–water partition coefficient (Wildman–Crippen LogP) is 4.01. The lowest BCUT2D eigenvalue weighted by atomic mass is 10.2. The molecule has 1 fully saturated rings. The number of hydrogen-bond donors (Lipinski definition) is 4. The van der Waals surface area contributed by atoms with Crippen molar-refractivity contribution in [1.29, 1.82) is 0 Å². The van der Waals surface area contributed by atoms with E-state index in [2.05, 4.69) is 20.6 Å². The highest BCUT2D eigenvalue weighted by atomic mass is 16.3. The second-order valence-corrected chi connectivity index (χ2v) is 6.75. The zero-order valence-electron chi connectivity index (χ0n) is 14.4. The standard InChI is InChI=1S/C20H22N4O2/c25-15-9-13(10-16(26)11-15)12-21-20-23-18-8-4-3-7-17(18)19(24-20)22-14-5-1-2-6-14/h3-4,7-11,14,25-26H,1-2,5-6,12H2,(H2,21,22,23,24). The van der Waals surface area contributed by atoms with Crippen LogP contribution >= 0.6 is 0 Å². The molecule has 0 spiro atoms. The lowest BCUT2D eigenvalue weighted by Gasteiger charge is -2.16. The predicted molar refractivity (Wildman–Crippen MR) is 103 cm³/mol. The van der Waals surface area contributed by atoms with Crippen LogP contribution in [0, 0.1) is 0 Å². The smallest absolute Gasteiger partial charge is 0.225 e. The molecule has 0 unspecified atom stereocenters. The monoisotopic (exact) mass is 350 g/mol. The number of para-hydroxylation sites is 1. The van der Waals surface area contributed by atoms with Gasteiger partial charge in [0.25, 0.3) is 0 Å². The van der Waals surface area contributed by atoms with Crippen molar-refractivity contribution in [3.8, 4) is 11.5 Å². The van der Waals surface area contributed by atoms with Gasteiger partial charge in [-0.3, -0.25) is 0 Å². The number of aromatic hydroxyl groups is 2. The Morgan fingerprint density at radius 1 is 0.962 bits per heavy atom. The molecule has 0 atom stereocenters. The molecule has 1 heterocycles. The molecule has 0 saturated heterocycles. The van der Waals surface area contributed by atoms with E-state index in [4.69, 9.17) is 0 Å². The van der Waals surface area contributed by atoms with Gasteiger partial charge < -0.3 is 20.8 Å². The van der Waals surface area contributed by atoms with E-state index in [1.54, 1.807) is 12.1 Å². The van der Waals surface area contributed by atoms with Crippen LogP contribution in [0.4, 0.5) is 11.8 Å². The molecule has 0 aliphatic heterocycles. The van der Waals surface area contributed by atoms with Gasteiger partial charge in [-0.25, -0.2) is 4.98 Å². The molecule has 1 aliphatic rings. The van der Waals surface area contributed by atoms with E-state index in [-0.39, 0.29) is 11.5 Å². The van der Waals surface area contributed by atoms with Gasteiger partial charge in [-0.1, -0.05) is 25.0 Å². The highest BCUT2D eigenvalue weighted by Gasteiger charge is 2.17. The van der Waals surface area contributed by atoms with Crippen LogP contribution in [0.3, 0.4) is 0 Å². The fourth-order valence-electron chi connectivity index (χ4n) is 3.47. The average molecular weight is 350 g/mol. The molecule has 1 aromatic heterocycles. The van der Waals surface area contributed by atoms with Crippen molar-refractivity contribution in [1.82, 2.24) is 9.97 Å². The summed E-state index contributed by atoms with van der Waals surface area (Å²) >= 11 is 0. The number of anilines is 2.